The molecule has 0 amide bonds. The summed E-state index contributed by atoms with van der Waals surface area (Å²) in [7, 11) is 65.9. The van der Waals surface area contributed by atoms with Crippen LogP contribution in [-0.2, 0) is 16.2 Å². The van der Waals surface area contributed by atoms with Crippen LogP contribution in [0.1, 0.15) is 79.0 Å². The summed E-state index contributed by atoms with van der Waals surface area (Å²) in [5.41, 5.74) is 12.5. The number of hydrogen-bond donors (Lipinski definition) is 0. The van der Waals surface area contributed by atoms with E-state index < -0.39 is 5.41 Å². The molecule has 2 aromatic heterocycles. The number of benzene rings is 7. The fraction of sp³-hybridized carbons (Fsp3) is 0.222. The first-order chi connectivity index (χ1) is 30.8. The Morgan fingerprint density at radius 3 is 1.18 bits per heavy atom. The van der Waals surface area contributed by atoms with Crippen LogP contribution >= 0.6 is 0 Å². The topological polar surface area (TPSA) is 9.86 Å². The Labute approximate surface area is 403 Å². The van der Waals surface area contributed by atoms with E-state index in [-0.39, 0.29) is 65.5 Å². The van der Waals surface area contributed by atoms with Crippen molar-refractivity contribution in [1.29, 1.82) is 0 Å². The monoisotopic (exact) mass is 828 g/mol. The van der Waals surface area contributed by atoms with Crippen molar-refractivity contribution in [2.24, 2.45) is 0 Å². The Balaban J connectivity index is 1.47. The summed E-state index contributed by atoms with van der Waals surface area (Å²) < 4.78 is 4.73. The lowest BCUT2D eigenvalue weighted by atomic mass is 9.59. The maximum Gasteiger partial charge on any atom is 0.113 e. The van der Waals surface area contributed by atoms with Gasteiger partial charge in [0.1, 0.15) is 78.5 Å². The van der Waals surface area contributed by atoms with Gasteiger partial charge in [0, 0.05) is 32.8 Å². The summed E-state index contributed by atoms with van der Waals surface area (Å²) in [4.78, 5) is 0. The second-order valence-electron chi connectivity index (χ2n) is 20.9. The highest BCUT2D eigenvalue weighted by atomic mass is 15.0. The van der Waals surface area contributed by atoms with Crippen molar-refractivity contribution in [3.8, 4) is 33.6 Å². The minimum absolute atomic E-state index is 0.0493. The third-order valence-corrected chi connectivity index (χ3v) is 13.5. The minimum Gasteiger partial charge on any atom is -0.309 e. The van der Waals surface area contributed by atoms with Crippen molar-refractivity contribution in [3.05, 3.63) is 108 Å². The van der Waals surface area contributed by atoms with Gasteiger partial charge in [0.05, 0.1) is 27.8 Å². The first kappa shape index (κ1) is 45.9. The molecule has 0 saturated carbocycles. The predicted molar refractivity (Wildman–Crippen MR) is 296 cm³/mol. The lowest BCUT2D eigenvalue weighted by Gasteiger charge is -2.28. The molecule has 298 valence electrons. The van der Waals surface area contributed by atoms with Crippen molar-refractivity contribution < 1.29 is 0 Å². The Morgan fingerprint density at radius 2 is 0.758 bits per heavy atom. The molecular formula is C54H42B10N2. The van der Waals surface area contributed by atoms with Gasteiger partial charge in [-0.3, -0.25) is 0 Å². The molecule has 0 aliphatic carbocycles. The Kier molecular flexibility index (Phi) is 10.9. The first-order valence-electron chi connectivity index (χ1n) is 22.2. The molecule has 0 aliphatic rings. The van der Waals surface area contributed by atoms with Crippen molar-refractivity contribution in [2.45, 2.75) is 78.6 Å². The molecule has 0 saturated heterocycles. The first-order valence-corrected chi connectivity index (χ1v) is 22.2. The number of fused-ring (bicyclic) bond motifs is 6. The third-order valence-electron chi connectivity index (χ3n) is 13.5. The van der Waals surface area contributed by atoms with Crippen LogP contribution in [0.25, 0.3) is 77.2 Å². The summed E-state index contributed by atoms with van der Waals surface area (Å²) in [6.45, 7) is 20.4. The number of rotatable bonds is 4. The lowest BCUT2D eigenvalue weighted by Crippen LogP contribution is -2.55. The molecule has 12 heteroatoms. The molecule has 2 nitrogen and oxygen atoms in total. The van der Waals surface area contributed by atoms with Gasteiger partial charge < -0.3 is 9.13 Å². The average Bonchev–Trinajstić information content (AvgIpc) is 3.77. The largest absolute Gasteiger partial charge is 0.309 e. The van der Waals surface area contributed by atoms with Gasteiger partial charge in [-0.2, -0.15) is 0 Å². The van der Waals surface area contributed by atoms with E-state index in [2.05, 4.69) is 138 Å². The van der Waals surface area contributed by atoms with E-state index in [9.17, 15) is 0 Å². The van der Waals surface area contributed by atoms with E-state index >= 15 is 0 Å². The van der Waals surface area contributed by atoms with Crippen molar-refractivity contribution in [1.82, 2.24) is 9.13 Å². The van der Waals surface area contributed by atoms with Gasteiger partial charge >= 0.3 is 0 Å². The van der Waals surface area contributed by atoms with E-state index in [0.717, 1.165) is 49.8 Å². The van der Waals surface area contributed by atoms with Gasteiger partial charge in [0.25, 0.3) is 0 Å². The molecule has 0 spiro atoms. The van der Waals surface area contributed by atoms with Gasteiger partial charge in [-0.15, -0.1) is 32.8 Å². The van der Waals surface area contributed by atoms with Crippen molar-refractivity contribution in [2.75, 3.05) is 0 Å². The van der Waals surface area contributed by atoms with Crippen LogP contribution in [-0.4, -0.2) is 87.6 Å². The zero-order chi connectivity index (χ0) is 47.8. The third kappa shape index (κ3) is 7.06. The fourth-order valence-corrected chi connectivity index (χ4v) is 9.81. The Bertz CT molecular complexity index is 3320. The van der Waals surface area contributed by atoms with E-state index in [1.54, 1.807) is 0 Å². The molecule has 0 unspecified atom stereocenters. The van der Waals surface area contributed by atoms with E-state index in [1.165, 1.54) is 21.9 Å². The second-order valence-corrected chi connectivity index (χ2v) is 20.9. The smallest absolute Gasteiger partial charge is 0.113 e. The van der Waals surface area contributed by atoms with E-state index in [1.807, 2.05) is 24.3 Å². The van der Waals surface area contributed by atoms with Crippen LogP contribution < -0.4 is 54.6 Å². The molecule has 7 aromatic carbocycles. The molecule has 0 aliphatic heterocycles. The summed E-state index contributed by atoms with van der Waals surface area (Å²) >= 11 is 0. The van der Waals surface area contributed by atoms with Crippen LogP contribution in [0.4, 0.5) is 0 Å². The van der Waals surface area contributed by atoms with Crippen LogP contribution in [0.15, 0.2) is 91.0 Å². The standard InChI is InChI=1S/C54H42B10N2/c1-52(2,3)27-14-17-35-32(23-27)33-24-28(53(4,5)6)15-18-36(33)66(35)37-19-16-31-30-12-10-11-13-34(30)65(51(31)40(37)54(7,8)9)29-21-25(38-41(55)45(59)49(63)46(60)42(38)56)20-26(22-29)39-43(57)47(61)50(64)48(62)44(39)58/h10-24H,1-9H3. The molecule has 0 fully saturated rings. The molecule has 9 rings (SSSR count). The molecule has 66 heavy (non-hydrogen) atoms. The predicted octanol–water partition coefficient (Wildman–Crippen LogP) is 3.05. The normalized spacial score (nSPS) is 12.6. The molecule has 9 aromatic rings. The minimum atomic E-state index is -0.412. The summed E-state index contributed by atoms with van der Waals surface area (Å²) in [6, 6.07) is 32.7. The zero-order valence-corrected chi connectivity index (χ0v) is 39.3. The molecule has 20 radical (unpaired) electrons. The molecular weight excluding hydrogens is 785 g/mol. The Hall–Kier alpha value is -5.21. The summed E-state index contributed by atoms with van der Waals surface area (Å²) in [6.07, 6.45) is 0. The molecule has 0 bridgehead atoms. The number of para-hydroxylation sites is 1. The second kappa shape index (κ2) is 15.7. The maximum absolute atomic E-state index is 6.81. The molecule has 0 atom stereocenters. The highest BCUT2D eigenvalue weighted by Gasteiger charge is 2.30. The summed E-state index contributed by atoms with van der Waals surface area (Å²) in [5.74, 6) is 0. The lowest BCUT2D eigenvalue weighted by molar-refractivity contribution is 0.590. The SMILES string of the molecule is [B]c1c([B])c([B])c(-c2cc(-c3c([B])c([B])c([B])c([B])c3[B])cc(-n3c4ccccc4c4ccc(-n5c6ccc(C(C)(C)C)cc6c6cc(C(C)(C)C)ccc65)c(C(C)(C)C)c43)c2)c([B])c1[B]. The number of aromatic nitrogens is 2. The van der Waals surface area contributed by atoms with Crippen LogP contribution in [0.3, 0.4) is 0 Å². The van der Waals surface area contributed by atoms with Gasteiger partial charge in [0.2, 0.25) is 0 Å². The van der Waals surface area contributed by atoms with Crippen LogP contribution in [0.5, 0.6) is 0 Å². The number of hydrogen-bond acceptors (Lipinski definition) is 0. The quantitative estimate of drug-likeness (QED) is 0.242. The fourth-order valence-electron chi connectivity index (χ4n) is 9.81. The van der Waals surface area contributed by atoms with E-state index in [0.29, 0.717) is 22.3 Å². The van der Waals surface area contributed by atoms with Gasteiger partial charge in [-0.1, -0.05) is 121 Å². The van der Waals surface area contributed by atoms with Crippen LogP contribution in [0, 0.1) is 0 Å². The summed E-state index contributed by atoms with van der Waals surface area (Å²) in [5, 5.41) is 4.53. The van der Waals surface area contributed by atoms with Crippen molar-refractivity contribution >= 4 is 177 Å². The van der Waals surface area contributed by atoms with Crippen LogP contribution in [0.2, 0.25) is 0 Å². The highest BCUT2D eigenvalue weighted by Crippen LogP contribution is 2.45. The van der Waals surface area contributed by atoms with E-state index in [4.69, 9.17) is 78.5 Å². The maximum atomic E-state index is 6.81. The number of nitrogens with zero attached hydrogens (tertiary/aromatic N) is 2. The van der Waals surface area contributed by atoms with Gasteiger partial charge in [0.15, 0.2) is 0 Å². The average molecular weight is 827 g/mol. The highest BCUT2D eigenvalue weighted by molar-refractivity contribution is 6.70. The zero-order valence-electron chi connectivity index (χ0n) is 39.3. The van der Waals surface area contributed by atoms with Gasteiger partial charge in [-0.25, -0.2) is 0 Å². The van der Waals surface area contributed by atoms with Gasteiger partial charge in [-0.05, 0) is 104 Å². The molecule has 0 N–H and O–H groups in total. The molecule has 2 heterocycles. The van der Waals surface area contributed by atoms with Crippen molar-refractivity contribution in [3.63, 3.8) is 0 Å². The Morgan fingerprint density at radius 1 is 0.348 bits per heavy atom.